The van der Waals surface area contributed by atoms with Crippen molar-refractivity contribution in [3.05, 3.63) is 0 Å². The lowest BCUT2D eigenvalue weighted by atomic mass is 10.2. The molecule has 2 N–H and O–H groups in total. The average molecular weight is 192 g/mol. The van der Waals surface area contributed by atoms with Gasteiger partial charge in [0.05, 0.1) is 5.25 Å². The molecule has 2 unspecified atom stereocenters. The van der Waals surface area contributed by atoms with Gasteiger partial charge in [-0.1, -0.05) is 0 Å². The van der Waals surface area contributed by atoms with Crippen molar-refractivity contribution < 1.29 is 8.42 Å². The van der Waals surface area contributed by atoms with E-state index in [4.69, 9.17) is 0 Å². The Morgan fingerprint density at radius 1 is 1.42 bits per heavy atom. The molecule has 1 heterocycles. The summed E-state index contributed by atoms with van der Waals surface area (Å²) in [5.74, 6) is 0. The maximum Gasteiger partial charge on any atom is 0.151 e. The van der Waals surface area contributed by atoms with Crippen LogP contribution in [0.2, 0.25) is 0 Å². The first-order valence-corrected chi connectivity index (χ1v) is 6.10. The van der Waals surface area contributed by atoms with E-state index in [9.17, 15) is 8.42 Å². The fourth-order valence-electron chi connectivity index (χ4n) is 1.31. The van der Waals surface area contributed by atoms with Crippen molar-refractivity contribution in [2.24, 2.45) is 0 Å². The summed E-state index contributed by atoms with van der Waals surface area (Å²) < 4.78 is 22.3. The molecule has 72 valence electrons. The van der Waals surface area contributed by atoms with Gasteiger partial charge < -0.3 is 10.6 Å². The van der Waals surface area contributed by atoms with Crippen molar-refractivity contribution in [3.8, 4) is 0 Å². The zero-order valence-electron chi connectivity index (χ0n) is 7.50. The molecular weight excluding hydrogens is 176 g/mol. The molecule has 12 heavy (non-hydrogen) atoms. The first-order valence-electron chi connectivity index (χ1n) is 4.15. The predicted octanol–water partition coefficient (Wildman–Crippen LogP) is -1.02. The third-order valence-corrected chi connectivity index (χ3v) is 3.99. The first kappa shape index (κ1) is 9.95. The van der Waals surface area contributed by atoms with Crippen LogP contribution in [0.3, 0.4) is 0 Å². The van der Waals surface area contributed by atoms with E-state index in [0.717, 1.165) is 19.6 Å². The minimum absolute atomic E-state index is 0.0637. The normalized spacial score (nSPS) is 28.3. The first-order chi connectivity index (χ1) is 5.52. The third kappa shape index (κ3) is 2.43. The minimum atomic E-state index is -2.90. The Morgan fingerprint density at radius 2 is 2.08 bits per heavy atom. The lowest BCUT2D eigenvalue weighted by Gasteiger charge is -2.28. The highest BCUT2D eigenvalue weighted by molar-refractivity contribution is 7.91. The van der Waals surface area contributed by atoms with E-state index in [-0.39, 0.29) is 11.3 Å². The van der Waals surface area contributed by atoms with Crippen molar-refractivity contribution in [3.63, 3.8) is 0 Å². The molecule has 0 aromatic heterocycles. The molecule has 4 nitrogen and oxygen atoms in total. The van der Waals surface area contributed by atoms with Gasteiger partial charge in [-0.05, 0) is 6.92 Å². The van der Waals surface area contributed by atoms with Crippen LogP contribution >= 0.6 is 0 Å². The summed E-state index contributed by atoms with van der Waals surface area (Å²) in [5.41, 5.74) is 0. The van der Waals surface area contributed by atoms with E-state index in [1.54, 1.807) is 6.92 Å². The number of hydrogen-bond donors (Lipinski definition) is 2. The van der Waals surface area contributed by atoms with Gasteiger partial charge in [0.15, 0.2) is 9.84 Å². The van der Waals surface area contributed by atoms with Crippen LogP contribution in [0.1, 0.15) is 6.92 Å². The molecule has 0 amide bonds. The van der Waals surface area contributed by atoms with Gasteiger partial charge in [-0.15, -0.1) is 0 Å². The van der Waals surface area contributed by atoms with E-state index in [1.807, 2.05) is 0 Å². The molecule has 0 saturated carbocycles. The minimum Gasteiger partial charge on any atom is -0.314 e. The van der Waals surface area contributed by atoms with E-state index in [0.29, 0.717) is 0 Å². The lowest BCUT2D eigenvalue weighted by molar-refractivity contribution is 0.407. The number of hydrogen-bond acceptors (Lipinski definition) is 4. The van der Waals surface area contributed by atoms with Crippen LogP contribution in [-0.4, -0.2) is 45.6 Å². The molecular formula is C7H16N2O2S. The number of nitrogens with one attached hydrogen (secondary N) is 2. The molecule has 0 aromatic rings. The van der Waals surface area contributed by atoms with Crippen molar-refractivity contribution in [2.75, 3.05) is 25.9 Å². The Morgan fingerprint density at radius 3 is 2.50 bits per heavy atom. The lowest BCUT2D eigenvalue weighted by Crippen LogP contribution is -2.54. The highest BCUT2D eigenvalue weighted by Crippen LogP contribution is 2.04. The second-order valence-electron chi connectivity index (χ2n) is 3.30. The van der Waals surface area contributed by atoms with Gasteiger partial charge in [-0.3, -0.25) is 0 Å². The van der Waals surface area contributed by atoms with Gasteiger partial charge in [0, 0.05) is 31.9 Å². The Labute approximate surface area is 73.6 Å². The van der Waals surface area contributed by atoms with Crippen molar-refractivity contribution in [1.29, 1.82) is 0 Å². The van der Waals surface area contributed by atoms with Crippen LogP contribution in [0.25, 0.3) is 0 Å². The summed E-state index contributed by atoms with van der Waals surface area (Å²) in [6, 6.07) is 0.0637. The molecule has 0 aromatic carbocycles. The molecule has 1 fully saturated rings. The summed E-state index contributed by atoms with van der Waals surface area (Å²) in [6.45, 7) is 4.27. The van der Waals surface area contributed by atoms with Gasteiger partial charge >= 0.3 is 0 Å². The molecule has 0 radical (unpaired) electrons. The second-order valence-corrected chi connectivity index (χ2v) is 5.70. The van der Waals surface area contributed by atoms with Crippen LogP contribution in [-0.2, 0) is 9.84 Å². The molecule has 0 bridgehead atoms. The van der Waals surface area contributed by atoms with E-state index in [1.165, 1.54) is 6.26 Å². The maximum absolute atomic E-state index is 11.2. The molecule has 5 heteroatoms. The smallest absolute Gasteiger partial charge is 0.151 e. The highest BCUT2D eigenvalue weighted by atomic mass is 32.2. The average Bonchev–Trinajstić information content (AvgIpc) is 2.03. The standard InChI is InChI=1S/C7H16N2O2S/c1-6(12(2,10)11)7-5-8-3-4-9-7/h6-9H,3-5H2,1-2H3. The SMILES string of the molecule is CC(C1CNCCN1)S(C)(=O)=O. The van der Waals surface area contributed by atoms with Gasteiger partial charge in [0.1, 0.15) is 0 Å². The van der Waals surface area contributed by atoms with Crippen molar-refractivity contribution in [2.45, 2.75) is 18.2 Å². The molecule has 0 aliphatic carbocycles. The van der Waals surface area contributed by atoms with Crippen molar-refractivity contribution in [1.82, 2.24) is 10.6 Å². The van der Waals surface area contributed by atoms with Gasteiger partial charge in [0.25, 0.3) is 0 Å². The highest BCUT2D eigenvalue weighted by Gasteiger charge is 2.26. The fourth-order valence-corrected chi connectivity index (χ4v) is 2.10. The molecule has 1 aliphatic rings. The van der Waals surface area contributed by atoms with E-state index in [2.05, 4.69) is 10.6 Å². The van der Waals surface area contributed by atoms with Crippen molar-refractivity contribution >= 4 is 9.84 Å². The monoisotopic (exact) mass is 192 g/mol. The van der Waals surface area contributed by atoms with E-state index < -0.39 is 9.84 Å². The number of piperazine rings is 1. The van der Waals surface area contributed by atoms with Crippen LogP contribution in [0.5, 0.6) is 0 Å². The summed E-state index contributed by atoms with van der Waals surface area (Å²) in [5, 5.41) is 6.04. The topological polar surface area (TPSA) is 58.2 Å². The molecule has 2 atom stereocenters. The Balaban J connectivity index is 2.57. The summed E-state index contributed by atoms with van der Waals surface area (Å²) in [7, 11) is -2.90. The summed E-state index contributed by atoms with van der Waals surface area (Å²) >= 11 is 0. The van der Waals surface area contributed by atoms with Gasteiger partial charge in [-0.2, -0.15) is 0 Å². The largest absolute Gasteiger partial charge is 0.314 e. The number of rotatable bonds is 2. The quantitative estimate of drug-likeness (QED) is 0.588. The zero-order chi connectivity index (χ0) is 9.19. The maximum atomic E-state index is 11.2. The Kier molecular flexibility index (Phi) is 3.09. The molecule has 1 rings (SSSR count). The second kappa shape index (κ2) is 3.72. The zero-order valence-corrected chi connectivity index (χ0v) is 8.32. The summed E-state index contributed by atoms with van der Waals surface area (Å²) in [4.78, 5) is 0. The van der Waals surface area contributed by atoms with Gasteiger partial charge in [-0.25, -0.2) is 8.42 Å². The van der Waals surface area contributed by atoms with Crippen LogP contribution in [0.4, 0.5) is 0 Å². The van der Waals surface area contributed by atoms with Crippen LogP contribution in [0.15, 0.2) is 0 Å². The third-order valence-electron chi connectivity index (χ3n) is 2.31. The molecule has 0 spiro atoms. The van der Waals surface area contributed by atoms with Crippen LogP contribution < -0.4 is 10.6 Å². The molecule has 1 aliphatic heterocycles. The number of sulfone groups is 1. The van der Waals surface area contributed by atoms with Gasteiger partial charge in [0.2, 0.25) is 0 Å². The Bertz CT molecular complexity index is 232. The molecule has 1 saturated heterocycles. The van der Waals surface area contributed by atoms with E-state index >= 15 is 0 Å². The summed E-state index contributed by atoms with van der Waals surface area (Å²) in [6.07, 6.45) is 1.29. The van der Waals surface area contributed by atoms with Crippen LogP contribution in [0, 0.1) is 0 Å². The Hall–Kier alpha value is -0.130. The fraction of sp³-hybridized carbons (Fsp3) is 1.00. The predicted molar refractivity (Wildman–Crippen MR) is 49.0 cm³/mol.